The van der Waals surface area contributed by atoms with Gasteiger partial charge in [-0.2, -0.15) is 0 Å². The van der Waals surface area contributed by atoms with Gasteiger partial charge in [-0.25, -0.2) is 4.99 Å². The highest BCUT2D eigenvalue weighted by atomic mass is 127. The van der Waals surface area contributed by atoms with Gasteiger partial charge < -0.3 is 20.4 Å². The normalized spacial score (nSPS) is 14.1. The van der Waals surface area contributed by atoms with E-state index in [9.17, 15) is 4.79 Å². The Morgan fingerprint density at radius 2 is 2.07 bits per heavy atom. The number of aliphatic imine (C=N–C) groups is 1. The number of unbranched alkanes of at least 4 members (excludes halogenated alkanes) is 3. The molecular formula is C22H36IN5O. The maximum absolute atomic E-state index is 11.6. The Hall–Kier alpha value is -1.77. The number of amides is 1. The van der Waals surface area contributed by atoms with Crippen LogP contribution in [0.3, 0.4) is 0 Å². The molecule has 0 bridgehead atoms. The van der Waals surface area contributed by atoms with Crippen molar-refractivity contribution in [1.82, 2.24) is 15.5 Å². The zero-order chi connectivity index (χ0) is 20.2. The van der Waals surface area contributed by atoms with Crippen LogP contribution >= 0.6 is 24.0 Å². The molecule has 2 N–H and O–H groups in total. The van der Waals surface area contributed by atoms with Crippen molar-refractivity contribution in [3.63, 3.8) is 0 Å². The molecular weight excluding hydrogens is 477 g/mol. The third kappa shape index (κ3) is 9.06. The van der Waals surface area contributed by atoms with E-state index in [4.69, 9.17) is 4.99 Å². The summed E-state index contributed by atoms with van der Waals surface area (Å²) >= 11 is 0. The molecule has 0 aliphatic carbocycles. The molecule has 0 unspecified atom stereocenters. The lowest BCUT2D eigenvalue weighted by molar-refractivity contribution is -0.120. The smallest absolute Gasteiger partial charge is 0.239 e. The Bertz CT molecular complexity index is 647. The van der Waals surface area contributed by atoms with E-state index < -0.39 is 0 Å². The second kappa shape index (κ2) is 14.3. The van der Waals surface area contributed by atoms with Crippen molar-refractivity contribution in [1.29, 1.82) is 0 Å². The maximum atomic E-state index is 11.6. The predicted molar refractivity (Wildman–Crippen MR) is 133 cm³/mol. The number of nitrogens with zero attached hydrogens (tertiary/aromatic N) is 3. The lowest BCUT2D eigenvalue weighted by Crippen LogP contribution is -2.47. The van der Waals surface area contributed by atoms with Crippen molar-refractivity contribution in [3.05, 3.63) is 42.5 Å². The van der Waals surface area contributed by atoms with Gasteiger partial charge >= 0.3 is 0 Å². The Morgan fingerprint density at radius 1 is 1.31 bits per heavy atom. The van der Waals surface area contributed by atoms with Crippen LogP contribution in [0.2, 0.25) is 0 Å². The van der Waals surface area contributed by atoms with Crippen molar-refractivity contribution >= 4 is 41.5 Å². The average Bonchev–Trinajstić information content (AvgIpc) is 2.71. The van der Waals surface area contributed by atoms with Crippen LogP contribution in [0, 0.1) is 0 Å². The van der Waals surface area contributed by atoms with E-state index in [0.29, 0.717) is 19.6 Å². The van der Waals surface area contributed by atoms with E-state index in [1.165, 1.54) is 18.4 Å². The van der Waals surface area contributed by atoms with Crippen molar-refractivity contribution < 1.29 is 4.79 Å². The highest BCUT2D eigenvalue weighted by Gasteiger charge is 2.16. The van der Waals surface area contributed by atoms with Gasteiger partial charge in [0, 0.05) is 38.9 Å². The molecule has 1 aliphatic rings. The second-order valence-electron chi connectivity index (χ2n) is 7.17. The standard InChI is InChI=1S/C22H35N5O.HI/c1-4-6-7-8-9-15-26(3)22(23-5-2)25-17-19-10-12-20(13-11-19)27-16-14-24-21(28)18-27;/h4,10-13H,1,5-9,14-18H2,2-3H3,(H,23,25)(H,24,28);1H. The first-order valence-corrected chi connectivity index (χ1v) is 10.3. The van der Waals surface area contributed by atoms with E-state index in [2.05, 4.69) is 65.2 Å². The zero-order valence-electron chi connectivity index (χ0n) is 17.8. The number of allylic oxidation sites excluding steroid dienone is 1. The number of guanidine groups is 1. The summed E-state index contributed by atoms with van der Waals surface area (Å²) in [5, 5.41) is 6.24. The Morgan fingerprint density at radius 3 is 2.72 bits per heavy atom. The first-order valence-electron chi connectivity index (χ1n) is 10.3. The summed E-state index contributed by atoms with van der Waals surface area (Å²) in [6.45, 7) is 10.4. The van der Waals surface area contributed by atoms with Crippen molar-refractivity contribution in [2.24, 2.45) is 4.99 Å². The number of hydrogen-bond acceptors (Lipinski definition) is 3. The van der Waals surface area contributed by atoms with Gasteiger partial charge in [0.1, 0.15) is 0 Å². The first kappa shape index (κ1) is 25.3. The molecule has 1 aromatic rings. The van der Waals surface area contributed by atoms with Gasteiger partial charge in [-0.3, -0.25) is 4.79 Å². The highest BCUT2D eigenvalue weighted by Crippen LogP contribution is 2.16. The molecule has 1 aromatic carbocycles. The van der Waals surface area contributed by atoms with Gasteiger partial charge in [0.2, 0.25) is 5.91 Å². The lowest BCUT2D eigenvalue weighted by atomic mass is 10.2. The van der Waals surface area contributed by atoms with Gasteiger partial charge in [-0.15, -0.1) is 30.6 Å². The third-order valence-corrected chi connectivity index (χ3v) is 4.85. The van der Waals surface area contributed by atoms with Gasteiger partial charge in [-0.1, -0.05) is 24.6 Å². The van der Waals surface area contributed by atoms with Crippen molar-refractivity contribution in [2.45, 2.75) is 39.2 Å². The summed E-state index contributed by atoms with van der Waals surface area (Å²) in [7, 11) is 2.10. The summed E-state index contributed by atoms with van der Waals surface area (Å²) in [5.41, 5.74) is 2.26. The molecule has 0 atom stereocenters. The number of carbonyl (C=O) groups excluding carboxylic acids is 1. The molecule has 0 radical (unpaired) electrons. The minimum absolute atomic E-state index is 0. The molecule has 2 rings (SSSR count). The summed E-state index contributed by atoms with van der Waals surface area (Å²) in [6, 6.07) is 8.37. The van der Waals surface area contributed by atoms with Gasteiger partial charge in [0.15, 0.2) is 5.96 Å². The molecule has 1 saturated heterocycles. The molecule has 29 heavy (non-hydrogen) atoms. The third-order valence-electron chi connectivity index (χ3n) is 4.85. The lowest BCUT2D eigenvalue weighted by Gasteiger charge is -2.28. The quantitative estimate of drug-likeness (QED) is 0.166. The Balaban J connectivity index is 0.00000420. The topological polar surface area (TPSA) is 60.0 Å². The Labute approximate surface area is 192 Å². The molecule has 1 aliphatic heterocycles. The monoisotopic (exact) mass is 513 g/mol. The Kier molecular flexibility index (Phi) is 12.4. The van der Waals surface area contributed by atoms with Crippen LogP contribution in [0.1, 0.15) is 38.2 Å². The second-order valence-corrected chi connectivity index (χ2v) is 7.17. The summed E-state index contributed by atoms with van der Waals surface area (Å²) in [4.78, 5) is 20.7. The number of piperazine rings is 1. The minimum atomic E-state index is 0. The van der Waals surface area contributed by atoms with Gasteiger partial charge in [0.25, 0.3) is 0 Å². The van der Waals surface area contributed by atoms with Crippen LogP contribution in [-0.2, 0) is 11.3 Å². The fraction of sp³-hybridized carbons (Fsp3) is 0.545. The van der Waals surface area contributed by atoms with E-state index >= 15 is 0 Å². The number of nitrogens with one attached hydrogen (secondary N) is 2. The van der Waals surface area contributed by atoms with Crippen LogP contribution < -0.4 is 15.5 Å². The molecule has 6 nitrogen and oxygen atoms in total. The molecule has 1 heterocycles. The number of carbonyl (C=O) groups is 1. The first-order chi connectivity index (χ1) is 13.6. The highest BCUT2D eigenvalue weighted by molar-refractivity contribution is 14.0. The largest absolute Gasteiger partial charge is 0.360 e. The van der Waals surface area contributed by atoms with Crippen molar-refractivity contribution in [3.8, 4) is 0 Å². The minimum Gasteiger partial charge on any atom is -0.360 e. The van der Waals surface area contributed by atoms with E-state index in [0.717, 1.165) is 44.1 Å². The van der Waals surface area contributed by atoms with Gasteiger partial charge in [-0.05, 0) is 43.9 Å². The molecule has 1 fully saturated rings. The van der Waals surface area contributed by atoms with E-state index in [-0.39, 0.29) is 29.9 Å². The molecule has 7 heteroatoms. The van der Waals surface area contributed by atoms with Gasteiger partial charge in [0.05, 0.1) is 13.1 Å². The predicted octanol–water partition coefficient (Wildman–Crippen LogP) is 3.38. The maximum Gasteiger partial charge on any atom is 0.239 e. The fourth-order valence-electron chi connectivity index (χ4n) is 3.23. The van der Waals surface area contributed by atoms with Crippen LogP contribution in [0.15, 0.2) is 41.9 Å². The van der Waals surface area contributed by atoms with Crippen LogP contribution in [-0.4, -0.2) is 56.5 Å². The number of rotatable bonds is 10. The summed E-state index contributed by atoms with van der Waals surface area (Å²) in [5.74, 6) is 1.03. The fourth-order valence-corrected chi connectivity index (χ4v) is 3.23. The van der Waals surface area contributed by atoms with Crippen LogP contribution in [0.5, 0.6) is 0 Å². The molecule has 0 aromatic heterocycles. The number of halogens is 1. The van der Waals surface area contributed by atoms with E-state index in [1.807, 2.05) is 6.08 Å². The molecule has 1 amide bonds. The number of benzene rings is 1. The zero-order valence-corrected chi connectivity index (χ0v) is 20.2. The SMILES string of the molecule is C=CCCCCCN(C)C(=NCc1ccc(N2CCNC(=O)C2)cc1)NCC.I. The number of anilines is 1. The van der Waals surface area contributed by atoms with Crippen LogP contribution in [0.4, 0.5) is 5.69 Å². The molecule has 162 valence electrons. The van der Waals surface area contributed by atoms with Crippen LogP contribution in [0.25, 0.3) is 0 Å². The molecule has 0 saturated carbocycles. The molecule has 0 spiro atoms. The van der Waals surface area contributed by atoms with Crippen molar-refractivity contribution in [2.75, 3.05) is 44.7 Å². The summed E-state index contributed by atoms with van der Waals surface area (Å²) < 4.78 is 0. The van der Waals surface area contributed by atoms with E-state index in [1.54, 1.807) is 0 Å². The summed E-state index contributed by atoms with van der Waals surface area (Å²) in [6.07, 6.45) is 6.66. The average molecular weight is 513 g/mol. The number of hydrogen-bond donors (Lipinski definition) is 2.